The number of nitrogens with one attached hydrogen (secondary N) is 1. The maximum atomic E-state index is 11.1. The highest BCUT2D eigenvalue weighted by Gasteiger charge is 1.97. The summed E-state index contributed by atoms with van der Waals surface area (Å²) >= 11 is 2.87. The highest BCUT2D eigenvalue weighted by Crippen LogP contribution is 2.10. The Hall–Kier alpha value is -1.27. The molecule has 0 saturated carbocycles. The van der Waals surface area contributed by atoms with Gasteiger partial charge in [-0.25, -0.2) is 0 Å². The van der Waals surface area contributed by atoms with Crippen LogP contribution in [0.4, 0.5) is 5.69 Å². The molecule has 2 nitrogen and oxygen atoms in total. The molecule has 0 heterocycles. The standard InChI is InChI=1S/C12H12BrNO/c1-2-3-10-4-6-11(7-5-10)14-12(15)8-9-13/h4-7H,2-3H2,1H3,(H,14,15). The summed E-state index contributed by atoms with van der Waals surface area (Å²) in [5.74, 6) is 2.04. The summed E-state index contributed by atoms with van der Waals surface area (Å²) in [5.41, 5.74) is 2.05. The Balaban J connectivity index is 2.62. The van der Waals surface area contributed by atoms with Gasteiger partial charge >= 0.3 is 5.91 Å². The van der Waals surface area contributed by atoms with Crippen LogP contribution >= 0.6 is 15.9 Å². The van der Waals surface area contributed by atoms with E-state index < -0.39 is 0 Å². The first-order chi connectivity index (χ1) is 7.26. The number of amides is 1. The van der Waals surface area contributed by atoms with Crippen LogP contribution in [-0.4, -0.2) is 5.91 Å². The lowest BCUT2D eigenvalue weighted by atomic mass is 10.1. The van der Waals surface area contributed by atoms with Crippen molar-refractivity contribution >= 4 is 27.5 Å². The third-order valence-electron chi connectivity index (χ3n) is 1.91. The number of hydrogen-bond donors (Lipinski definition) is 1. The molecule has 0 spiro atoms. The van der Waals surface area contributed by atoms with Crippen LogP contribution in [0.1, 0.15) is 18.9 Å². The Morgan fingerprint density at radius 1 is 1.40 bits per heavy atom. The van der Waals surface area contributed by atoms with Crippen LogP contribution in [0.2, 0.25) is 0 Å². The summed E-state index contributed by atoms with van der Waals surface area (Å²) in [6.45, 7) is 2.14. The summed E-state index contributed by atoms with van der Waals surface area (Å²) < 4.78 is 0. The molecule has 0 aliphatic carbocycles. The molecule has 0 aromatic heterocycles. The number of benzene rings is 1. The highest BCUT2D eigenvalue weighted by atomic mass is 79.9. The minimum absolute atomic E-state index is 0.310. The minimum atomic E-state index is -0.310. The molecule has 78 valence electrons. The SMILES string of the molecule is CCCc1ccc(NC(=O)C#CBr)cc1. The topological polar surface area (TPSA) is 29.1 Å². The highest BCUT2D eigenvalue weighted by molar-refractivity contribution is 9.12. The fourth-order valence-electron chi connectivity index (χ4n) is 1.25. The largest absolute Gasteiger partial charge is 0.315 e. The smallest absolute Gasteiger partial charge is 0.301 e. The monoisotopic (exact) mass is 265 g/mol. The summed E-state index contributed by atoms with van der Waals surface area (Å²) in [4.78, 5) is 13.5. The second-order valence-electron chi connectivity index (χ2n) is 3.12. The Morgan fingerprint density at radius 2 is 2.07 bits per heavy atom. The summed E-state index contributed by atoms with van der Waals surface area (Å²) in [7, 11) is 0. The van der Waals surface area contributed by atoms with Gasteiger partial charge in [-0.2, -0.15) is 0 Å². The van der Waals surface area contributed by atoms with E-state index in [1.165, 1.54) is 5.56 Å². The average molecular weight is 266 g/mol. The number of carbonyl (C=O) groups excluding carboxylic acids is 1. The third-order valence-corrected chi connectivity index (χ3v) is 2.11. The molecule has 0 unspecified atom stereocenters. The molecule has 0 fully saturated rings. The maximum absolute atomic E-state index is 11.1. The predicted octanol–water partition coefficient (Wildman–Crippen LogP) is 2.93. The Kier molecular flexibility index (Phi) is 4.92. The van der Waals surface area contributed by atoms with E-state index in [9.17, 15) is 4.79 Å². The number of halogens is 1. The lowest BCUT2D eigenvalue weighted by Gasteiger charge is -2.02. The van der Waals surface area contributed by atoms with Crippen molar-refractivity contribution in [1.29, 1.82) is 0 Å². The van der Waals surface area contributed by atoms with E-state index in [0.717, 1.165) is 18.5 Å². The van der Waals surface area contributed by atoms with Crippen molar-refractivity contribution in [2.75, 3.05) is 5.32 Å². The second-order valence-corrected chi connectivity index (χ2v) is 3.52. The van der Waals surface area contributed by atoms with Crippen LogP contribution in [-0.2, 0) is 11.2 Å². The molecule has 1 amide bonds. The average Bonchev–Trinajstić information content (AvgIpc) is 2.22. The number of rotatable bonds is 3. The van der Waals surface area contributed by atoms with Gasteiger partial charge in [0.1, 0.15) is 0 Å². The molecule has 3 heteroatoms. The first-order valence-electron chi connectivity index (χ1n) is 4.78. The van der Waals surface area contributed by atoms with Crippen molar-refractivity contribution in [3.8, 4) is 10.8 Å². The van der Waals surface area contributed by atoms with Crippen molar-refractivity contribution in [3.05, 3.63) is 29.8 Å². The zero-order chi connectivity index (χ0) is 11.1. The van der Waals surface area contributed by atoms with Gasteiger partial charge in [-0.3, -0.25) is 4.79 Å². The van der Waals surface area contributed by atoms with E-state index >= 15 is 0 Å². The fourth-order valence-corrected chi connectivity index (χ4v) is 1.43. The summed E-state index contributed by atoms with van der Waals surface area (Å²) in [5, 5.41) is 2.67. The van der Waals surface area contributed by atoms with Gasteiger partial charge in [0, 0.05) is 27.5 Å². The van der Waals surface area contributed by atoms with E-state index in [0.29, 0.717) is 0 Å². The van der Waals surface area contributed by atoms with Crippen molar-refractivity contribution in [2.24, 2.45) is 0 Å². The first-order valence-corrected chi connectivity index (χ1v) is 5.57. The summed E-state index contributed by atoms with van der Waals surface area (Å²) in [6.07, 6.45) is 2.19. The molecule has 1 N–H and O–H groups in total. The second kappa shape index (κ2) is 6.26. The van der Waals surface area contributed by atoms with Gasteiger partial charge in [0.2, 0.25) is 0 Å². The van der Waals surface area contributed by atoms with E-state index in [-0.39, 0.29) is 5.91 Å². The van der Waals surface area contributed by atoms with Gasteiger partial charge < -0.3 is 5.32 Å². The lowest BCUT2D eigenvalue weighted by molar-refractivity contribution is -0.111. The van der Waals surface area contributed by atoms with Crippen LogP contribution in [0.3, 0.4) is 0 Å². The predicted molar refractivity (Wildman–Crippen MR) is 65.8 cm³/mol. The number of hydrogen-bond acceptors (Lipinski definition) is 1. The van der Waals surface area contributed by atoms with Crippen LogP contribution < -0.4 is 5.32 Å². The molecule has 1 aromatic rings. The van der Waals surface area contributed by atoms with E-state index in [1.54, 1.807) is 0 Å². The Bertz CT molecular complexity index is 386. The van der Waals surface area contributed by atoms with Crippen molar-refractivity contribution < 1.29 is 4.79 Å². The van der Waals surface area contributed by atoms with Crippen LogP contribution in [0.25, 0.3) is 0 Å². The van der Waals surface area contributed by atoms with E-state index in [4.69, 9.17) is 0 Å². The fraction of sp³-hybridized carbons (Fsp3) is 0.250. The van der Waals surface area contributed by atoms with Gasteiger partial charge in [-0.15, -0.1) is 0 Å². The van der Waals surface area contributed by atoms with Crippen molar-refractivity contribution in [1.82, 2.24) is 0 Å². The molecule has 0 aliphatic rings. The Morgan fingerprint density at radius 3 is 2.60 bits per heavy atom. The van der Waals surface area contributed by atoms with Crippen LogP contribution in [0.15, 0.2) is 24.3 Å². The number of anilines is 1. The molecular weight excluding hydrogens is 254 g/mol. The first kappa shape index (κ1) is 11.8. The normalized spacial score (nSPS) is 8.93. The molecular formula is C12H12BrNO. The van der Waals surface area contributed by atoms with Crippen LogP contribution in [0, 0.1) is 10.8 Å². The third kappa shape index (κ3) is 4.18. The molecule has 1 aromatic carbocycles. The van der Waals surface area contributed by atoms with Gasteiger partial charge in [0.15, 0.2) is 0 Å². The van der Waals surface area contributed by atoms with Crippen molar-refractivity contribution in [3.63, 3.8) is 0 Å². The molecule has 1 rings (SSSR count). The zero-order valence-corrected chi connectivity index (χ0v) is 10.1. The molecule has 15 heavy (non-hydrogen) atoms. The number of carbonyl (C=O) groups is 1. The van der Waals surface area contributed by atoms with Gasteiger partial charge in [0.25, 0.3) is 0 Å². The lowest BCUT2D eigenvalue weighted by Crippen LogP contribution is -2.07. The molecule has 0 aliphatic heterocycles. The Labute approximate surface area is 98.2 Å². The van der Waals surface area contributed by atoms with E-state index in [2.05, 4.69) is 38.9 Å². The summed E-state index contributed by atoms with van der Waals surface area (Å²) in [6, 6.07) is 7.80. The molecule has 0 bridgehead atoms. The molecule has 0 saturated heterocycles. The molecule has 0 radical (unpaired) electrons. The maximum Gasteiger partial charge on any atom is 0.301 e. The van der Waals surface area contributed by atoms with Gasteiger partial charge in [-0.05, 0) is 28.9 Å². The quantitative estimate of drug-likeness (QED) is 0.837. The minimum Gasteiger partial charge on any atom is -0.315 e. The van der Waals surface area contributed by atoms with E-state index in [1.807, 2.05) is 24.3 Å². The van der Waals surface area contributed by atoms with Gasteiger partial charge in [-0.1, -0.05) is 25.5 Å². The van der Waals surface area contributed by atoms with Crippen LogP contribution in [0.5, 0.6) is 0 Å². The molecule has 0 atom stereocenters. The zero-order valence-electron chi connectivity index (χ0n) is 8.51. The van der Waals surface area contributed by atoms with Gasteiger partial charge in [0.05, 0.1) is 0 Å². The van der Waals surface area contributed by atoms with Crippen molar-refractivity contribution in [2.45, 2.75) is 19.8 Å². The number of aryl methyl sites for hydroxylation is 1.